The van der Waals surface area contributed by atoms with E-state index in [0.29, 0.717) is 37.3 Å². The summed E-state index contributed by atoms with van der Waals surface area (Å²) in [7, 11) is 0. The molecule has 1 aromatic rings. The van der Waals surface area contributed by atoms with Crippen LogP contribution in [-0.4, -0.2) is 37.3 Å². The van der Waals surface area contributed by atoms with Crippen molar-refractivity contribution in [1.82, 2.24) is 10.2 Å². The number of alkyl halides is 3. The molecule has 1 heterocycles. The van der Waals surface area contributed by atoms with Crippen LogP contribution in [0.15, 0.2) is 18.2 Å². The minimum absolute atomic E-state index is 0. The third kappa shape index (κ3) is 5.91. The van der Waals surface area contributed by atoms with Gasteiger partial charge in [0.2, 0.25) is 0 Å². The third-order valence-corrected chi connectivity index (χ3v) is 3.61. The minimum Gasteiger partial charge on any atom is -0.314 e. The Morgan fingerprint density at radius 1 is 1.18 bits per heavy atom. The summed E-state index contributed by atoms with van der Waals surface area (Å²) in [6.07, 6.45) is -5.14. The van der Waals surface area contributed by atoms with Gasteiger partial charge in [0.05, 0.1) is 6.42 Å². The molecule has 1 aliphatic rings. The average Bonchev–Trinajstić information content (AvgIpc) is 2.36. The molecule has 0 bridgehead atoms. The third-order valence-electron chi connectivity index (χ3n) is 3.61. The largest absolute Gasteiger partial charge is 0.390 e. The van der Waals surface area contributed by atoms with E-state index < -0.39 is 24.5 Å². The summed E-state index contributed by atoms with van der Waals surface area (Å²) in [5.41, 5.74) is 1.13. The quantitative estimate of drug-likeness (QED) is 0.821. The van der Waals surface area contributed by atoms with Gasteiger partial charge < -0.3 is 5.32 Å². The van der Waals surface area contributed by atoms with E-state index in [0.717, 1.165) is 0 Å². The molecular formula is C14H20Cl2F4N2. The van der Waals surface area contributed by atoms with Crippen LogP contribution in [0.1, 0.15) is 23.6 Å². The molecular weight excluding hydrogens is 343 g/mol. The molecule has 1 saturated heterocycles. The normalized spacial score (nSPS) is 17.3. The number of hydrogen-bond donors (Lipinski definition) is 1. The second-order valence-electron chi connectivity index (χ2n) is 5.12. The number of hydrogen-bond acceptors (Lipinski definition) is 2. The molecule has 1 aromatic carbocycles. The Balaban J connectivity index is 0.00000220. The van der Waals surface area contributed by atoms with Crippen molar-refractivity contribution in [2.24, 2.45) is 0 Å². The summed E-state index contributed by atoms with van der Waals surface area (Å²) in [5.74, 6) is -0.419. The predicted molar refractivity (Wildman–Crippen MR) is 83.5 cm³/mol. The van der Waals surface area contributed by atoms with Crippen molar-refractivity contribution in [2.45, 2.75) is 25.6 Å². The number of aryl methyl sites for hydroxylation is 1. The van der Waals surface area contributed by atoms with E-state index in [1.54, 1.807) is 6.92 Å². The van der Waals surface area contributed by atoms with Gasteiger partial charge in [-0.1, -0.05) is 6.07 Å². The summed E-state index contributed by atoms with van der Waals surface area (Å²) in [5, 5.41) is 3.12. The summed E-state index contributed by atoms with van der Waals surface area (Å²) >= 11 is 0. The van der Waals surface area contributed by atoms with Crippen LogP contribution in [0.25, 0.3) is 0 Å². The topological polar surface area (TPSA) is 15.3 Å². The van der Waals surface area contributed by atoms with Crippen LogP contribution in [-0.2, 0) is 0 Å². The Labute approximate surface area is 140 Å². The lowest BCUT2D eigenvalue weighted by molar-refractivity contribution is -0.148. The van der Waals surface area contributed by atoms with Crippen LogP contribution in [0.5, 0.6) is 0 Å². The molecule has 2 nitrogen and oxygen atoms in total. The van der Waals surface area contributed by atoms with Gasteiger partial charge in [0, 0.05) is 32.2 Å². The number of piperazine rings is 1. The zero-order valence-corrected chi connectivity index (χ0v) is 13.8. The minimum atomic E-state index is -4.24. The lowest BCUT2D eigenvalue weighted by Gasteiger charge is -2.36. The molecule has 8 heteroatoms. The van der Waals surface area contributed by atoms with Gasteiger partial charge in [-0.2, -0.15) is 13.2 Å². The van der Waals surface area contributed by atoms with E-state index >= 15 is 0 Å². The highest BCUT2D eigenvalue weighted by Crippen LogP contribution is 2.35. The highest BCUT2D eigenvalue weighted by atomic mass is 35.5. The van der Waals surface area contributed by atoms with Crippen molar-refractivity contribution in [3.8, 4) is 0 Å². The first-order valence-electron chi connectivity index (χ1n) is 6.64. The average molecular weight is 363 g/mol. The van der Waals surface area contributed by atoms with Gasteiger partial charge in [-0.05, 0) is 30.2 Å². The van der Waals surface area contributed by atoms with E-state index in [-0.39, 0.29) is 24.8 Å². The first-order chi connectivity index (χ1) is 9.37. The number of nitrogens with zero attached hydrogens (tertiary/aromatic N) is 1. The molecule has 0 aliphatic carbocycles. The van der Waals surface area contributed by atoms with Crippen LogP contribution in [0.2, 0.25) is 0 Å². The van der Waals surface area contributed by atoms with Gasteiger partial charge in [0.25, 0.3) is 0 Å². The van der Waals surface area contributed by atoms with Crippen LogP contribution < -0.4 is 5.32 Å². The highest BCUT2D eigenvalue weighted by Gasteiger charge is 2.36. The van der Waals surface area contributed by atoms with Crippen molar-refractivity contribution < 1.29 is 17.6 Å². The summed E-state index contributed by atoms with van der Waals surface area (Å²) in [6.45, 7) is 4.14. The molecule has 0 saturated carbocycles. The monoisotopic (exact) mass is 362 g/mol. The Bertz CT molecular complexity index is 463. The van der Waals surface area contributed by atoms with Crippen molar-refractivity contribution in [3.05, 3.63) is 35.1 Å². The summed E-state index contributed by atoms with van der Waals surface area (Å²) in [4.78, 5) is 1.82. The fourth-order valence-corrected chi connectivity index (χ4v) is 2.66. The van der Waals surface area contributed by atoms with Crippen molar-refractivity contribution in [2.75, 3.05) is 26.2 Å². The first kappa shape index (κ1) is 21.4. The van der Waals surface area contributed by atoms with Crippen molar-refractivity contribution >= 4 is 24.8 Å². The molecule has 128 valence electrons. The molecule has 0 amide bonds. The zero-order valence-electron chi connectivity index (χ0n) is 12.1. The Morgan fingerprint density at radius 3 is 2.27 bits per heavy atom. The zero-order chi connectivity index (χ0) is 14.8. The molecule has 1 fully saturated rings. The molecule has 1 aliphatic heterocycles. The van der Waals surface area contributed by atoms with E-state index in [4.69, 9.17) is 0 Å². The van der Waals surface area contributed by atoms with Gasteiger partial charge in [-0.3, -0.25) is 4.90 Å². The van der Waals surface area contributed by atoms with Gasteiger partial charge >= 0.3 is 6.18 Å². The molecule has 1 atom stereocenters. The molecule has 22 heavy (non-hydrogen) atoms. The van der Waals surface area contributed by atoms with Crippen LogP contribution in [0, 0.1) is 12.7 Å². The fourth-order valence-electron chi connectivity index (χ4n) is 2.66. The Morgan fingerprint density at radius 2 is 1.77 bits per heavy atom. The fraction of sp³-hybridized carbons (Fsp3) is 0.571. The molecule has 0 radical (unpaired) electrons. The van der Waals surface area contributed by atoms with Gasteiger partial charge in [-0.25, -0.2) is 4.39 Å². The van der Waals surface area contributed by atoms with E-state index in [2.05, 4.69) is 5.32 Å². The predicted octanol–water partition coefficient (Wildman–Crippen LogP) is 3.88. The van der Waals surface area contributed by atoms with Crippen molar-refractivity contribution in [1.29, 1.82) is 0 Å². The number of benzene rings is 1. The summed E-state index contributed by atoms with van der Waals surface area (Å²) < 4.78 is 51.7. The molecule has 0 aromatic heterocycles. The van der Waals surface area contributed by atoms with E-state index in [1.165, 1.54) is 18.2 Å². The van der Waals surface area contributed by atoms with Gasteiger partial charge in [0.15, 0.2) is 0 Å². The SMILES string of the molecule is Cc1cc(F)ccc1[C@@H](CC(F)(F)F)N1CCNCC1.Cl.Cl. The molecule has 2 rings (SSSR count). The van der Waals surface area contributed by atoms with E-state index in [9.17, 15) is 17.6 Å². The maximum Gasteiger partial charge on any atom is 0.390 e. The summed E-state index contributed by atoms with van der Waals surface area (Å²) in [6, 6.07) is 3.26. The van der Waals surface area contributed by atoms with Crippen molar-refractivity contribution in [3.63, 3.8) is 0 Å². The smallest absolute Gasteiger partial charge is 0.314 e. The lowest BCUT2D eigenvalue weighted by atomic mass is 9.96. The molecule has 1 N–H and O–H groups in total. The van der Waals surface area contributed by atoms with Crippen LogP contribution in [0.3, 0.4) is 0 Å². The Kier molecular flexibility index (Phi) is 8.69. The lowest BCUT2D eigenvalue weighted by Crippen LogP contribution is -2.46. The molecule has 0 unspecified atom stereocenters. The van der Waals surface area contributed by atoms with Crippen LogP contribution in [0.4, 0.5) is 17.6 Å². The second-order valence-corrected chi connectivity index (χ2v) is 5.12. The number of rotatable bonds is 3. The second kappa shape index (κ2) is 8.91. The van der Waals surface area contributed by atoms with Crippen LogP contribution >= 0.6 is 24.8 Å². The first-order valence-corrected chi connectivity index (χ1v) is 6.64. The maximum atomic E-state index is 13.1. The van der Waals surface area contributed by atoms with Gasteiger partial charge in [-0.15, -0.1) is 24.8 Å². The Hall–Kier alpha value is -0.560. The standard InChI is InChI=1S/C14H18F4N2.2ClH/c1-10-8-11(15)2-3-12(10)13(9-14(16,17)18)20-6-4-19-5-7-20;;/h2-3,8,13,19H,4-7,9H2,1H3;2*1H/t13-;;/m1../s1. The maximum absolute atomic E-state index is 13.1. The highest BCUT2D eigenvalue weighted by molar-refractivity contribution is 5.85. The van der Waals surface area contributed by atoms with Gasteiger partial charge in [0.1, 0.15) is 5.82 Å². The number of halogens is 6. The number of nitrogens with one attached hydrogen (secondary N) is 1. The molecule has 0 spiro atoms. The van der Waals surface area contributed by atoms with E-state index in [1.807, 2.05) is 4.90 Å².